The number of benzene rings is 1. The van der Waals surface area contributed by atoms with Crippen molar-refractivity contribution < 1.29 is 43.5 Å². The third-order valence-electron chi connectivity index (χ3n) is 7.64. The van der Waals surface area contributed by atoms with E-state index in [9.17, 15) is 24.6 Å². The van der Waals surface area contributed by atoms with Crippen molar-refractivity contribution in [2.24, 2.45) is 5.92 Å². The molecule has 0 radical (unpaired) electrons. The van der Waals surface area contributed by atoms with Crippen molar-refractivity contribution in [1.82, 2.24) is 0 Å². The topological polar surface area (TPSA) is 129 Å². The Morgan fingerprint density at radius 1 is 1.30 bits per heavy atom. The van der Waals surface area contributed by atoms with E-state index >= 15 is 0 Å². The maximum Gasteiger partial charge on any atom is 0.345 e. The van der Waals surface area contributed by atoms with E-state index in [1.807, 2.05) is 12.1 Å². The Morgan fingerprint density at radius 3 is 2.79 bits per heavy atom. The molecule has 0 saturated heterocycles. The number of carboxylic acid groups (broad SMARTS) is 1. The minimum Gasteiger partial charge on any atom is -0.493 e. The second kappa shape index (κ2) is 7.48. The van der Waals surface area contributed by atoms with E-state index < -0.39 is 47.6 Å². The van der Waals surface area contributed by atoms with Crippen LogP contribution in [0.1, 0.15) is 50.2 Å². The molecule has 3 aliphatic carbocycles. The molecule has 1 aliphatic heterocycles. The number of rotatable bonds is 6. The van der Waals surface area contributed by atoms with Gasteiger partial charge in [0.2, 0.25) is 6.10 Å². The van der Waals surface area contributed by atoms with Gasteiger partial charge in [0.25, 0.3) is 0 Å². The molecule has 1 aromatic carbocycles. The quantitative estimate of drug-likeness (QED) is 0.615. The summed E-state index contributed by atoms with van der Waals surface area (Å²) in [6.45, 7) is 1.07. The third kappa shape index (κ3) is 2.98. The van der Waals surface area contributed by atoms with Crippen molar-refractivity contribution in [3.05, 3.63) is 35.1 Å². The fraction of sp³-hybridized carbons (Fsp3) is 0.542. The molecule has 5 atom stereocenters. The molecule has 1 fully saturated rings. The second-order valence-electron chi connectivity index (χ2n) is 9.24. The highest BCUT2D eigenvalue weighted by Gasteiger charge is 2.70. The summed E-state index contributed by atoms with van der Waals surface area (Å²) in [7, 11) is 1.55. The SMILES string of the molecule is COc1ccc2c3c1O[C@H]1C(OC(=O)C[C@H](OC(C)=O)C(=O)O)=CC[C@@]4(O)[C@H](CCC[C@]314)C2. The molecule has 5 rings (SSSR count). The first kappa shape index (κ1) is 21.8. The van der Waals surface area contributed by atoms with Crippen LogP contribution < -0.4 is 9.47 Å². The zero-order chi connectivity index (χ0) is 23.5. The lowest BCUT2D eigenvalue weighted by Gasteiger charge is -2.59. The number of esters is 2. The van der Waals surface area contributed by atoms with Crippen molar-refractivity contribution in [3.63, 3.8) is 0 Å². The molecule has 2 bridgehead atoms. The number of aliphatic hydroxyl groups is 1. The van der Waals surface area contributed by atoms with Gasteiger partial charge >= 0.3 is 17.9 Å². The van der Waals surface area contributed by atoms with Crippen LogP contribution in [0.15, 0.2) is 24.0 Å². The standard InChI is InChI=1S/C24H26O9/c1-12(25)31-17(22(27)28)11-18(26)32-16-7-9-24(29)14-4-3-8-23(24)19-13(10-14)5-6-15(30-2)20(19)33-21(16)23/h5-7,14,17,21,29H,3-4,8-11H2,1-2H3,(H,27,28)/t14-,17+,21+,23+,24-/m1/s1. The number of carboxylic acids is 1. The molecule has 0 aromatic heterocycles. The van der Waals surface area contributed by atoms with E-state index in [1.165, 1.54) is 0 Å². The lowest BCUT2D eigenvalue weighted by molar-refractivity contribution is -0.169. The van der Waals surface area contributed by atoms with Crippen molar-refractivity contribution in [3.8, 4) is 11.5 Å². The van der Waals surface area contributed by atoms with Gasteiger partial charge in [0.1, 0.15) is 5.76 Å². The van der Waals surface area contributed by atoms with Crippen LogP contribution in [0, 0.1) is 5.92 Å². The van der Waals surface area contributed by atoms with Crippen LogP contribution in [-0.4, -0.2) is 53.0 Å². The van der Waals surface area contributed by atoms with Crippen molar-refractivity contribution in [1.29, 1.82) is 0 Å². The highest BCUT2D eigenvalue weighted by molar-refractivity contribution is 5.83. The molecule has 1 spiro atoms. The Hall–Kier alpha value is -3.07. The van der Waals surface area contributed by atoms with Gasteiger partial charge in [0, 0.05) is 12.5 Å². The van der Waals surface area contributed by atoms with E-state index in [1.54, 1.807) is 13.2 Å². The Balaban J connectivity index is 1.50. The maximum atomic E-state index is 12.6. The highest BCUT2D eigenvalue weighted by atomic mass is 16.6. The van der Waals surface area contributed by atoms with E-state index in [0.29, 0.717) is 24.3 Å². The van der Waals surface area contributed by atoms with Gasteiger partial charge in [-0.1, -0.05) is 12.5 Å². The minimum atomic E-state index is -1.64. The number of carbonyl (C=O) groups is 3. The highest BCUT2D eigenvalue weighted by Crippen LogP contribution is 2.67. The number of aliphatic carboxylic acids is 1. The number of ether oxygens (including phenoxy) is 4. The molecule has 1 heterocycles. The second-order valence-corrected chi connectivity index (χ2v) is 9.24. The van der Waals surface area contributed by atoms with Crippen molar-refractivity contribution in [2.75, 3.05) is 7.11 Å². The summed E-state index contributed by atoms with van der Waals surface area (Å²) in [6, 6.07) is 3.87. The fourth-order valence-electron chi connectivity index (χ4n) is 6.39. The summed E-state index contributed by atoms with van der Waals surface area (Å²) < 4.78 is 22.2. The lowest BCUT2D eigenvalue weighted by Crippen LogP contribution is -2.67. The predicted octanol–water partition coefficient (Wildman–Crippen LogP) is 2.02. The summed E-state index contributed by atoms with van der Waals surface area (Å²) in [5, 5.41) is 21.3. The first-order valence-electron chi connectivity index (χ1n) is 11.1. The molecule has 176 valence electrons. The van der Waals surface area contributed by atoms with Crippen LogP contribution in [-0.2, 0) is 35.7 Å². The maximum absolute atomic E-state index is 12.6. The van der Waals surface area contributed by atoms with Crippen LogP contribution in [0.2, 0.25) is 0 Å². The van der Waals surface area contributed by atoms with E-state index in [2.05, 4.69) is 0 Å². The average Bonchev–Trinajstić information content (AvgIpc) is 3.09. The van der Waals surface area contributed by atoms with Gasteiger partial charge in [-0.25, -0.2) is 4.79 Å². The molecule has 0 unspecified atom stereocenters. The monoisotopic (exact) mass is 458 g/mol. The van der Waals surface area contributed by atoms with Gasteiger partial charge in [-0.2, -0.15) is 0 Å². The van der Waals surface area contributed by atoms with Gasteiger partial charge in [-0.05, 0) is 49.3 Å². The molecule has 1 saturated carbocycles. The first-order valence-corrected chi connectivity index (χ1v) is 11.1. The van der Waals surface area contributed by atoms with Gasteiger partial charge < -0.3 is 29.2 Å². The lowest BCUT2D eigenvalue weighted by atomic mass is 9.47. The van der Waals surface area contributed by atoms with Gasteiger partial charge in [-0.3, -0.25) is 9.59 Å². The Bertz CT molecular complexity index is 1080. The number of hydrogen-bond donors (Lipinski definition) is 2. The predicted molar refractivity (Wildman–Crippen MR) is 112 cm³/mol. The molecule has 9 nitrogen and oxygen atoms in total. The molecule has 4 aliphatic rings. The summed E-state index contributed by atoms with van der Waals surface area (Å²) in [5.74, 6) is -1.69. The smallest absolute Gasteiger partial charge is 0.345 e. The summed E-state index contributed by atoms with van der Waals surface area (Å²) in [6.07, 6.45) is 2.15. The summed E-state index contributed by atoms with van der Waals surface area (Å²) >= 11 is 0. The zero-order valence-corrected chi connectivity index (χ0v) is 18.5. The molecule has 0 amide bonds. The molecule has 9 heteroatoms. The third-order valence-corrected chi connectivity index (χ3v) is 7.64. The minimum absolute atomic E-state index is 0.0538. The molecule has 33 heavy (non-hydrogen) atoms. The Kier molecular flexibility index (Phi) is 4.93. The Morgan fingerprint density at radius 2 is 2.09 bits per heavy atom. The zero-order valence-electron chi connectivity index (χ0n) is 18.5. The Labute approximate surface area is 190 Å². The number of hydrogen-bond acceptors (Lipinski definition) is 8. The van der Waals surface area contributed by atoms with E-state index in [0.717, 1.165) is 37.3 Å². The van der Waals surface area contributed by atoms with Gasteiger partial charge in [0.15, 0.2) is 17.6 Å². The largest absolute Gasteiger partial charge is 0.493 e. The molecule has 1 aromatic rings. The average molecular weight is 458 g/mol. The number of methoxy groups -OCH3 is 1. The normalized spacial score (nSPS) is 31.4. The van der Waals surface area contributed by atoms with Crippen LogP contribution in [0.3, 0.4) is 0 Å². The van der Waals surface area contributed by atoms with Crippen LogP contribution >= 0.6 is 0 Å². The van der Waals surface area contributed by atoms with Crippen molar-refractivity contribution >= 4 is 17.9 Å². The number of carbonyl (C=O) groups excluding carboxylic acids is 2. The van der Waals surface area contributed by atoms with E-state index in [-0.39, 0.29) is 11.7 Å². The fourth-order valence-corrected chi connectivity index (χ4v) is 6.39. The van der Waals surface area contributed by atoms with Gasteiger partial charge in [-0.15, -0.1) is 0 Å². The molecular formula is C24H26O9. The van der Waals surface area contributed by atoms with Crippen molar-refractivity contribution in [2.45, 2.75) is 68.7 Å². The molecule has 2 N–H and O–H groups in total. The molecular weight excluding hydrogens is 432 g/mol. The first-order chi connectivity index (χ1) is 15.7. The summed E-state index contributed by atoms with van der Waals surface area (Å²) in [5.41, 5.74) is 0.212. The van der Waals surface area contributed by atoms with Gasteiger partial charge in [0.05, 0.1) is 24.5 Å². The van der Waals surface area contributed by atoms with Crippen LogP contribution in [0.4, 0.5) is 0 Å². The van der Waals surface area contributed by atoms with E-state index in [4.69, 9.17) is 18.9 Å². The van der Waals surface area contributed by atoms with Crippen LogP contribution in [0.5, 0.6) is 11.5 Å². The van der Waals surface area contributed by atoms with Crippen LogP contribution in [0.25, 0.3) is 0 Å². The summed E-state index contributed by atoms with van der Waals surface area (Å²) in [4.78, 5) is 35.2.